The minimum atomic E-state index is -0.836. The fraction of sp³-hybridized carbons (Fsp3) is 0.200. The van der Waals surface area contributed by atoms with Gasteiger partial charge in [0.15, 0.2) is 0 Å². The van der Waals surface area contributed by atoms with E-state index in [0.29, 0.717) is 27.1 Å². The summed E-state index contributed by atoms with van der Waals surface area (Å²) in [7, 11) is 2.93. The van der Waals surface area contributed by atoms with Crippen molar-refractivity contribution in [3.05, 3.63) is 57.3 Å². The monoisotopic (exact) mass is 348 g/mol. The Kier molecular flexibility index (Phi) is 5.20. The van der Waals surface area contributed by atoms with E-state index in [9.17, 15) is 4.39 Å². The van der Waals surface area contributed by atoms with E-state index in [4.69, 9.17) is 44.3 Å². The Morgan fingerprint density at radius 2 is 1.67 bits per heavy atom. The van der Waals surface area contributed by atoms with E-state index in [1.165, 1.54) is 20.3 Å². The Labute approximate surface area is 137 Å². The maximum Gasteiger partial charge on any atom is 0.138 e. The standard InChI is InChI=1S/C15H12Cl3FO2/c1-20-12-5-3-4-11(19)14(12)15(18)8-6-10(17)13(21-2)7-9(8)16/h3-7,15H,1-2H3. The molecule has 0 radical (unpaired) electrons. The molecule has 6 heteroatoms. The minimum Gasteiger partial charge on any atom is -0.496 e. The summed E-state index contributed by atoms with van der Waals surface area (Å²) in [5, 5.41) is -0.156. The zero-order chi connectivity index (χ0) is 15.6. The van der Waals surface area contributed by atoms with Crippen LogP contribution in [0.2, 0.25) is 10.0 Å². The van der Waals surface area contributed by atoms with Gasteiger partial charge in [-0.05, 0) is 23.8 Å². The van der Waals surface area contributed by atoms with Crippen molar-refractivity contribution in [1.82, 2.24) is 0 Å². The Bertz CT molecular complexity index is 662. The molecule has 2 nitrogen and oxygen atoms in total. The zero-order valence-corrected chi connectivity index (χ0v) is 13.6. The van der Waals surface area contributed by atoms with E-state index in [1.54, 1.807) is 24.3 Å². The highest BCUT2D eigenvalue weighted by Gasteiger charge is 2.23. The highest BCUT2D eigenvalue weighted by molar-refractivity contribution is 6.36. The summed E-state index contributed by atoms with van der Waals surface area (Å²) in [6.07, 6.45) is 0. The lowest BCUT2D eigenvalue weighted by atomic mass is 10.0. The molecule has 0 aliphatic heterocycles. The topological polar surface area (TPSA) is 18.5 Å². The third-order valence-electron chi connectivity index (χ3n) is 3.03. The van der Waals surface area contributed by atoms with E-state index in [-0.39, 0.29) is 5.56 Å². The van der Waals surface area contributed by atoms with Crippen molar-refractivity contribution in [2.75, 3.05) is 14.2 Å². The van der Waals surface area contributed by atoms with Crippen molar-refractivity contribution in [3.8, 4) is 11.5 Å². The largest absolute Gasteiger partial charge is 0.496 e. The molecular formula is C15H12Cl3FO2. The van der Waals surface area contributed by atoms with Gasteiger partial charge in [-0.15, -0.1) is 11.6 Å². The number of hydrogen-bond donors (Lipinski definition) is 0. The lowest BCUT2D eigenvalue weighted by Gasteiger charge is -2.17. The van der Waals surface area contributed by atoms with Gasteiger partial charge in [0.25, 0.3) is 0 Å². The normalized spacial score (nSPS) is 12.1. The van der Waals surface area contributed by atoms with Crippen molar-refractivity contribution in [3.63, 3.8) is 0 Å². The summed E-state index contributed by atoms with van der Waals surface area (Å²) in [5.74, 6) is 0.296. The average molecular weight is 350 g/mol. The molecule has 21 heavy (non-hydrogen) atoms. The lowest BCUT2D eigenvalue weighted by molar-refractivity contribution is 0.405. The second kappa shape index (κ2) is 6.73. The van der Waals surface area contributed by atoms with E-state index >= 15 is 0 Å². The molecule has 0 aliphatic carbocycles. The molecule has 0 bridgehead atoms. The fourth-order valence-corrected chi connectivity index (χ4v) is 2.95. The minimum absolute atomic E-state index is 0.213. The van der Waals surface area contributed by atoms with Crippen LogP contribution in [-0.4, -0.2) is 14.2 Å². The number of alkyl halides is 1. The first-order valence-corrected chi connectivity index (χ1v) is 7.18. The smallest absolute Gasteiger partial charge is 0.138 e. The summed E-state index contributed by atoms with van der Waals surface area (Å²) in [6, 6.07) is 7.59. The van der Waals surface area contributed by atoms with Crippen LogP contribution in [0.3, 0.4) is 0 Å². The van der Waals surface area contributed by atoms with Gasteiger partial charge in [-0.2, -0.15) is 0 Å². The Balaban J connectivity index is 2.55. The molecule has 0 spiro atoms. The molecule has 2 aromatic rings. The van der Waals surface area contributed by atoms with Crippen LogP contribution in [0.25, 0.3) is 0 Å². The number of hydrogen-bond acceptors (Lipinski definition) is 2. The Hall–Kier alpha value is -1.16. The van der Waals surface area contributed by atoms with Crippen LogP contribution in [-0.2, 0) is 0 Å². The Morgan fingerprint density at radius 3 is 2.29 bits per heavy atom. The van der Waals surface area contributed by atoms with Crippen molar-refractivity contribution in [1.29, 1.82) is 0 Å². The van der Waals surface area contributed by atoms with Crippen LogP contribution >= 0.6 is 34.8 Å². The predicted molar refractivity (Wildman–Crippen MR) is 83.7 cm³/mol. The molecule has 112 valence electrons. The lowest BCUT2D eigenvalue weighted by Crippen LogP contribution is -2.02. The van der Waals surface area contributed by atoms with Gasteiger partial charge in [0.05, 0.1) is 30.2 Å². The Morgan fingerprint density at radius 1 is 1.00 bits per heavy atom. The van der Waals surface area contributed by atoms with Crippen molar-refractivity contribution < 1.29 is 13.9 Å². The summed E-state index contributed by atoms with van der Waals surface area (Å²) in [5.41, 5.74) is 0.692. The molecule has 0 heterocycles. The third-order valence-corrected chi connectivity index (χ3v) is 4.11. The average Bonchev–Trinajstić information content (AvgIpc) is 2.48. The zero-order valence-electron chi connectivity index (χ0n) is 11.3. The summed E-state index contributed by atoms with van der Waals surface area (Å²) in [4.78, 5) is 0. The number of ether oxygens (including phenoxy) is 2. The van der Waals surface area contributed by atoms with Gasteiger partial charge in [-0.25, -0.2) is 4.39 Å². The van der Waals surface area contributed by atoms with Gasteiger partial charge in [-0.1, -0.05) is 29.3 Å². The molecule has 0 fully saturated rings. The van der Waals surface area contributed by atoms with E-state index in [2.05, 4.69) is 0 Å². The van der Waals surface area contributed by atoms with Crippen molar-refractivity contribution >= 4 is 34.8 Å². The van der Waals surface area contributed by atoms with Crippen LogP contribution in [0, 0.1) is 5.82 Å². The highest BCUT2D eigenvalue weighted by atomic mass is 35.5. The number of halogens is 4. The number of benzene rings is 2. The van der Waals surface area contributed by atoms with E-state index < -0.39 is 11.2 Å². The molecule has 0 saturated carbocycles. The molecule has 0 aromatic heterocycles. The molecule has 0 saturated heterocycles. The first-order chi connectivity index (χ1) is 9.99. The number of methoxy groups -OCH3 is 2. The van der Waals surface area contributed by atoms with Gasteiger partial charge in [-0.3, -0.25) is 0 Å². The third kappa shape index (κ3) is 3.20. The molecular weight excluding hydrogens is 338 g/mol. The summed E-state index contributed by atoms with van der Waals surface area (Å²) in [6.45, 7) is 0. The van der Waals surface area contributed by atoms with Crippen LogP contribution in [0.1, 0.15) is 16.5 Å². The van der Waals surface area contributed by atoms with Gasteiger partial charge < -0.3 is 9.47 Å². The van der Waals surface area contributed by atoms with Crippen LogP contribution in [0.4, 0.5) is 4.39 Å². The summed E-state index contributed by atoms with van der Waals surface area (Å²) >= 11 is 18.7. The van der Waals surface area contributed by atoms with Gasteiger partial charge >= 0.3 is 0 Å². The van der Waals surface area contributed by atoms with E-state index in [1.807, 2.05) is 0 Å². The second-order valence-corrected chi connectivity index (χ2v) is 5.48. The van der Waals surface area contributed by atoms with E-state index in [0.717, 1.165) is 0 Å². The summed E-state index contributed by atoms with van der Waals surface area (Å²) < 4.78 is 24.3. The SMILES string of the molecule is COc1cc(Cl)c(C(Cl)c2c(F)cccc2OC)cc1Cl. The quantitative estimate of drug-likeness (QED) is 0.681. The predicted octanol–water partition coefficient (Wildman–Crippen LogP) is 5.48. The van der Waals surface area contributed by atoms with Gasteiger partial charge in [0.2, 0.25) is 0 Å². The first kappa shape index (κ1) is 16.2. The molecule has 1 atom stereocenters. The number of rotatable bonds is 4. The fourth-order valence-electron chi connectivity index (χ4n) is 1.99. The van der Waals surface area contributed by atoms with Gasteiger partial charge in [0, 0.05) is 11.1 Å². The molecule has 0 N–H and O–H groups in total. The van der Waals surface area contributed by atoms with Crippen molar-refractivity contribution in [2.24, 2.45) is 0 Å². The van der Waals surface area contributed by atoms with Crippen LogP contribution in [0.15, 0.2) is 30.3 Å². The second-order valence-electron chi connectivity index (χ2n) is 4.23. The maximum absolute atomic E-state index is 14.1. The molecule has 0 amide bonds. The first-order valence-electron chi connectivity index (χ1n) is 5.99. The van der Waals surface area contributed by atoms with Gasteiger partial charge in [0.1, 0.15) is 17.3 Å². The van der Waals surface area contributed by atoms with Crippen LogP contribution in [0.5, 0.6) is 11.5 Å². The highest BCUT2D eigenvalue weighted by Crippen LogP contribution is 2.42. The van der Waals surface area contributed by atoms with Crippen molar-refractivity contribution in [2.45, 2.75) is 5.38 Å². The molecule has 2 aromatic carbocycles. The molecule has 2 rings (SSSR count). The molecule has 1 unspecified atom stereocenters. The van der Waals surface area contributed by atoms with Crippen LogP contribution < -0.4 is 9.47 Å². The molecule has 0 aliphatic rings. The maximum atomic E-state index is 14.1.